The van der Waals surface area contributed by atoms with Crippen LogP contribution in [0.2, 0.25) is 0 Å². The fraction of sp³-hybridized carbons (Fsp3) is 0.292. The summed E-state index contributed by atoms with van der Waals surface area (Å²) in [6.07, 6.45) is -4.77. The van der Waals surface area contributed by atoms with Crippen LogP contribution in [0.15, 0.2) is 61.2 Å². The first kappa shape index (κ1) is 24.8. The van der Waals surface area contributed by atoms with Gasteiger partial charge in [0.15, 0.2) is 5.92 Å². The third-order valence-electron chi connectivity index (χ3n) is 5.53. The van der Waals surface area contributed by atoms with E-state index in [1.165, 1.54) is 6.08 Å². The number of aliphatic carboxylic acids is 1. The number of benzene rings is 2. The minimum atomic E-state index is -5.03. The first-order valence-electron chi connectivity index (χ1n) is 10.4. The Hall–Kier alpha value is -3.82. The third kappa shape index (κ3) is 5.56. The predicted molar refractivity (Wildman–Crippen MR) is 117 cm³/mol. The number of fused-ring (bicyclic) bond motifs is 3. The van der Waals surface area contributed by atoms with Gasteiger partial charge in [-0.05, 0) is 28.7 Å². The van der Waals surface area contributed by atoms with Crippen molar-refractivity contribution in [2.45, 2.75) is 24.6 Å². The van der Waals surface area contributed by atoms with Gasteiger partial charge in [0, 0.05) is 12.5 Å². The zero-order valence-corrected chi connectivity index (χ0v) is 18.0. The Balaban J connectivity index is 1.62. The predicted octanol–water partition coefficient (Wildman–Crippen LogP) is 3.85. The molecule has 34 heavy (non-hydrogen) atoms. The van der Waals surface area contributed by atoms with Crippen LogP contribution < -0.4 is 10.6 Å². The normalized spacial score (nSPS) is 14.3. The van der Waals surface area contributed by atoms with Crippen LogP contribution in [0.3, 0.4) is 0 Å². The summed E-state index contributed by atoms with van der Waals surface area (Å²) in [7, 11) is 0. The minimum Gasteiger partial charge on any atom is -0.481 e. The second-order valence-electron chi connectivity index (χ2n) is 7.72. The van der Waals surface area contributed by atoms with Gasteiger partial charge in [0.2, 0.25) is 5.91 Å². The summed E-state index contributed by atoms with van der Waals surface area (Å²) in [5.74, 6) is -6.08. The number of hydrogen-bond donors (Lipinski definition) is 3. The Morgan fingerprint density at radius 1 is 1.06 bits per heavy atom. The number of carboxylic acids is 1. The molecule has 0 aromatic heterocycles. The fourth-order valence-corrected chi connectivity index (χ4v) is 3.85. The van der Waals surface area contributed by atoms with Crippen molar-refractivity contribution in [3.05, 3.63) is 72.3 Å². The number of nitrogens with one attached hydrogen (secondary N) is 2. The first-order valence-corrected chi connectivity index (χ1v) is 10.4. The molecule has 3 rings (SSSR count). The molecule has 0 saturated carbocycles. The van der Waals surface area contributed by atoms with Crippen molar-refractivity contribution < 1.29 is 37.4 Å². The number of ether oxygens (including phenoxy) is 1. The number of amides is 2. The van der Waals surface area contributed by atoms with E-state index < -0.39 is 42.7 Å². The minimum absolute atomic E-state index is 0.0164. The molecular weight excluding hydrogens is 453 g/mol. The van der Waals surface area contributed by atoms with Gasteiger partial charge in [-0.25, -0.2) is 4.79 Å². The van der Waals surface area contributed by atoms with Crippen LogP contribution >= 0.6 is 0 Å². The molecule has 2 unspecified atom stereocenters. The van der Waals surface area contributed by atoms with Crippen molar-refractivity contribution in [1.82, 2.24) is 10.6 Å². The third-order valence-corrected chi connectivity index (χ3v) is 5.53. The van der Waals surface area contributed by atoms with Gasteiger partial charge in [-0.3, -0.25) is 9.59 Å². The van der Waals surface area contributed by atoms with E-state index in [1.54, 1.807) is 0 Å². The molecule has 0 heterocycles. The lowest BCUT2D eigenvalue weighted by Gasteiger charge is -2.21. The molecular formula is C24H23F3N2O5. The number of carbonyl (C=O) groups is 3. The summed E-state index contributed by atoms with van der Waals surface area (Å²) in [5, 5.41) is 13.0. The Bertz CT molecular complexity index is 1040. The number of hydrogen-bond acceptors (Lipinski definition) is 4. The number of carboxylic acid groups (broad SMARTS) is 1. The van der Waals surface area contributed by atoms with E-state index in [9.17, 15) is 27.6 Å². The summed E-state index contributed by atoms with van der Waals surface area (Å²) in [6, 6.07) is 14.1. The highest BCUT2D eigenvalue weighted by atomic mass is 19.4. The van der Waals surface area contributed by atoms with Gasteiger partial charge in [-0.1, -0.05) is 54.6 Å². The van der Waals surface area contributed by atoms with Crippen LogP contribution in [0.5, 0.6) is 0 Å². The second-order valence-corrected chi connectivity index (χ2v) is 7.72. The lowest BCUT2D eigenvalue weighted by Crippen LogP contribution is -2.50. The largest absolute Gasteiger partial charge is 0.481 e. The van der Waals surface area contributed by atoms with Crippen LogP contribution in [-0.4, -0.2) is 48.4 Å². The maximum Gasteiger partial charge on any atom is 0.407 e. The molecule has 0 bridgehead atoms. The highest BCUT2D eigenvalue weighted by molar-refractivity contribution is 5.86. The average molecular weight is 476 g/mol. The summed E-state index contributed by atoms with van der Waals surface area (Å²) < 4.78 is 43.8. The number of alkyl carbamates (subject to hydrolysis) is 1. The van der Waals surface area contributed by atoms with E-state index >= 15 is 0 Å². The topological polar surface area (TPSA) is 105 Å². The molecule has 1 aliphatic rings. The van der Waals surface area contributed by atoms with E-state index in [2.05, 4.69) is 11.9 Å². The van der Waals surface area contributed by atoms with Gasteiger partial charge in [-0.2, -0.15) is 13.2 Å². The van der Waals surface area contributed by atoms with Crippen LogP contribution in [-0.2, 0) is 14.3 Å². The maximum absolute atomic E-state index is 12.8. The SMILES string of the molecule is C=CCC(NC(=O)OCC1c2ccccc2-c2ccccc21)C(=O)NCC(C(=O)O)C(F)(F)F. The van der Waals surface area contributed by atoms with Crippen LogP contribution in [0.25, 0.3) is 11.1 Å². The molecule has 2 amide bonds. The van der Waals surface area contributed by atoms with E-state index in [0.29, 0.717) is 0 Å². The first-order chi connectivity index (χ1) is 16.1. The van der Waals surface area contributed by atoms with E-state index in [4.69, 9.17) is 9.84 Å². The van der Waals surface area contributed by atoms with Gasteiger partial charge in [-0.15, -0.1) is 6.58 Å². The monoisotopic (exact) mass is 476 g/mol. The van der Waals surface area contributed by atoms with E-state index in [0.717, 1.165) is 22.3 Å². The van der Waals surface area contributed by atoms with Crippen LogP contribution in [0.1, 0.15) is 23.5 Å². The Labute approximate surface area is 193 Å². The van der Waals surface area contributed by atoms with Gasteiger partial charge < -0.3 is 20.5 Å². The Morgan fingerprint density at radius 2 is 1.62 bits per heavy atom. The molecule has 0 saturated heterocycles. The van der Waals surface area contributed by atoms with Crippen LogP contribution in [0, 0.1) is 5.92 Å². The average Bonchev–Trinajstić information content (AvgIpc) is 3.10. The molecule has 180 valence electrons. The Kier molecular flexibility index (Phi) is 7.60. The molecule has 0 radical (unpaired) electrons. The number of carbonyl (C=O) groups excluding carboxylic acids is 2. The maximum atomic E-state index is 12.8. The summed E-state index contributed by atoms with van der Waals surface area (Å²) in [5.41, 5.74) is 4.05. The molecule has 7 nitrogen and oxygen atoms in total. The lowest BCUT2D eigenvalue weighted by molar-refractivity contribution is -0.192. The lowest BCUT2D eigenvalue weighted by atomic mass is 9.98. The summed E-state index contributed by atoms with van der Waals surface area (Å²) in [6.45, 7) is 2.28. The quantitative estimate of drug-likeness (QED) is 0.477. The van der Waals surface area contributed by atoms with Gasteiger partial charge in [0.1, 0.15) is 12.6 Å². The number of rotatable bonds is 9. The zero-order chi connectivity index (χ0) is 24.9. The van der Waals surface area contributed by atoms with Crippen molar-refractivity contribution in [2.24, 2.45) is 5.92 Å². The fourth-order valence-electron chi connectivity index (χ4n) is 3.85. The van der Waals surface area contributed by atoms with Gasteiger partial charge in [0.05, 0.1) is 0 Å². The summed E-state index contributed by atoms with van der Waals surface area (Å²) >= 11 is 0. The number of alkyl halides is 3. The molecule has 10 heteroatoms. The summed E-state index contributed by atoms with van der Waals surface area (Å²) in [4.78, 5) is 35.6. The molecule has 2 atom stereocenters. The van der Waals surface area contributed by atoms with Crippen LogP contribution in [0.4, 0.5) is 18.0 Å². The molecule has 2 aromatic carbocycles. The van der Waals surface area contributed by atoms with Crippen molar-refractivity contribution >= 4 is 18.0 Å². The molecule has 2 aromatic rings. The number of halogens is 3. The van der Waals surface area contributed by atoms with Crippen molar-refractivity contribution in [2.75, 3.05) is 13.2 Å². The van der Waals surface area contributed by atoms with Gasteiger partial charge >= 0.3 is 18.2 Å². The highest BCUT2D eigenvalue weighted by Gasteiger charge is 2.45. The van der Waals surface area contributed by atoms with Crippen molar-refractivity contribution in [1.29, 1.82) is 0 Å². The molecule has 1 aliphatic carbocycles. The Morgan fingerprint density at radius 3 is 2.12 bits per heavy atom. The van der Waals surface area contributed by atoms with Crippen molar-refractivity contribution in [3.8, 4) is 11.1 Å². The van der Waals surface area contributed by atoms with E-state index in [-0.39, 0.29) is 18.9 Å². The molecule has 0 spiro atoms. The molecule has 0 fully saturated rings. The highest BCUT2D eigenvalue weighted by Crippen LogP contribution is 2.44. The molecule has 3 N–H and O–H groups in total. The standard InChI is InChI=1S/C24H23F3N2O5/c1-2-7-20(21(30)28-12-19(22(31)32)24(25,26)27)29-23(33)34-13-18-16-10-5-3-8-14(16)15-9-4-6-11-17(15)18/h2-6,8-11,18-20H,1,7,12-13H2,(H,28,30)(H,29,33)(H,31,32). The zero-order valence-electron chi connectivity index (χ0n) is 18.0. The van der Waals surface area contributed by atoms with E-state index in [1.807, 2.05) is 53.8 Å². The second kappa shape index (κ2) is 10.4. The smallest absolute Gasteiger partial charge is 0.407 e. The van der Waals surface area contributed by atoms with Crippen molar-refractivity contribution in [3.63, 3.8) is 0 Å². The molecule has 0 aliphatic heterocycles. The van der Waals surface area contributed by atoms with Gasteiger partial charge in [0.25, 0.3) is 0 Å².